The van der Waals surface area contributed by atoms with Crippen LogP contribution in [0.25, 0.3) is 17.1 Å². The summed E-state index contributed by atoms with van der Waals surface area (Å²) in [5, 5.41) is 4.11. The minimum Gasteiger partial charge on any atom is -0.439 e. The van der Waals surface area contributed by atoms with Crippen molar-refractivity contribution in [1.82, 2.24) is 29.7 Å². The zero-order valence-corrected chi connectivity index (χ0v) is 14.4. The highest BCUT2D eigenvalue weighted by Crippen LogP contribution is 2.27. The molecule has 0 aliphatic rings. The molecule has 3 aromatic heterocycles. The number of hydrogen-bond donors (Lipinski definition) is 0. The third kappa shape index (κ3) is 3.14. The molecule has 4 aromatic rings. The van der Waals surface area contributed by atoms with Gasteiger partial charge in [0.05, 0.1) is 5.69 Å². The van der Waals surface area contributed by atoms with E-state index in [1.807, 2.05) is 50.2 Å². The number of nitrogens with zero attached hydrogens (tertiary/aromatic N) is 6. The molecule has 26 heavy (non-hydrogen) atoms. The average Bonchev–Trinajstić information content (AvgIpc) is 3.21. The molecule has 1 aromatic carbocycles. The first-order chi connectivity index (χ1) is 12.7. The molecule has 0 atom stereocenters. The third-order valence-electron chi connectivity index (χ3n) is 4.02. The van der Waals surface area contributed by atoms with Gasteiger partial charge in [0.25, 0.3) is 0 Å². The smallest absolute Gasteiger partial charge is 0.226 e. The number of pyridine rings is 1. The summed E-state index contributed by atoms with van der Waals surface area (Å²) in [6, 6.07) is 11.3. The summed E-state index contributed by atoms with van der Waals surface area (Å²) in [6.45, 7) is 3.90. The molecule has 7 nitrogen and oxygen atoms in total. The predicted molar refractivity (Wildman–Crippen MR) is 96.2 cm³/mol. The molecule has 0 saturated carbocycles. The summed E-state index contributed by atoms with van der Waals surface area (Å²) in [5.41, 5.74) is 3.58. The molecule has 0 aliphatic carbocycles. The van der Waals surface area contributed by atoms with Crippen molar-refractivity contribution >= 4 is 0 Å². The van der Waals surface area contributed by atoms with E-state index in [-0.39, 0.29) is 0 Å². The van der Waals surface area contributed by atoms with Gasteiger partial charge in [-0.15, -0.1) is 0 Å². The van der Waals surface area contributed by atoms with Crippen molar-refractivity contribution in [1.29, 1.82) is 0 Å². The molecule has 7 heteroatoms. The monoisotopic (exact) mass is 344 g/mol. The van der Waals surface area contributed by atoms with Gasteiger partial charge in [-0.2, -0.15) is 10.1 Å². The van der Waals surface area contributed by atoms with Crippen LogP contribution >= 0.6 is 0 Å². The Kier molecular flexibility index (Phi) is 4.10. The Morgan fingerprint density at radius 1 is 0.885 bits per heavy atom. The molecule has 0 aliphatic heterocycles. The van der Waals surface area contributed by atoms with E-state index < -0.39 is 0 Å². The first-order valence-electron chi connectivity index (χ1n) is 8.09. The summed E-state index contributed by atoms with van der Waals surface area (Å²) in [7, 11) is 0. The second-order valence-corrected chi connectivity index (χ2v) is 5.73. The molecule has 0 amide bonds. The number of aromatic nitrogens is 6. The van der Waals surface area contributed by atoms with Gasteiger partial charge in [-0.3, -0.25) is 4.98 Å². The molecule has 128 valence electrons. The van der Waals surface area contributed by atoms with E-state index in [2.05, 4.69) is 25.0 Å². The predicted octanol–water partition coefficient (Wildman–Crippen LogP) is 3.53. The molecule has 0 N–H and O–H groups in total. The highest BCUT2D eigenvalue weighted by Gasteiger charge is 2.12. The fourth-order valence-corrected chi connectivity index (χ4v) is 2.45. The normalized spacial score (nSPS) is 10.7. The minimum atomic E-state index is 0.540. The van der Waals surface area contributed by atoms with E-state index in [9.17, 15) is 0 Å². The lowest BCUT2D eigenvalue weighted by Gasteiger charge is -2.12. The summed E-state index contributed by atoms with van der Waals surface area (Å²) < 4.78 is 7.70. The molecule has 0 spiro atoms. The van der Waals surface area contributed by atoms with Gasteiger partial charge in [-0.1, -0.05) is 0 Å². The van der Waals surface area contributed by atoms with Crippen molar-refractivity contribution in [3.63, 3.8) is 0 Å². The fraction of sp³-hybridized carbons (Fsp3) is 0.105. The van der Waals surface area contributed by atoms with E-state index >= 15 is 0 Å². The van der Waals surface area contributed by atoms with Crippen LogP contribution in [0.15, 0.2) is 61.4 Å². The number of hydrogen-bond acceptors (Lipinski definition) is 6. The van der Waals surface area contributed by atoms with Gasteiger partial charge >= 0.3 is 0 Å². The van der Waals surface area contributed by atoms with Crippen molar-refractivity contribution in [2.45, 2.75) is 13.8 Å². The van der Waals surface area contributed by atoms with Crippen LogP contribution in [0.5, 0.6) is 11.6 Å². The zero-order chi connectivity index (χ0) is 17.9. The lowest BCUT2D eigenvalue weighted by Crippen LogP contribution is -2.00. The van der Waals surface area contributed by atoms with Gasteiger partial charge in [0.2, 0.25) is 5.88 Å². The Hall–Kier alpha value is -3.61. The maximum atomic E-state index is 6.01. The van der Waals surface area contributed by atoms with Gasteiger partial charge in [0.1, 0.15) is 18.4 Å². The van der Waals surface area contributed by atoms with Crippen LogP contribution in [-0.2, 0) is 0 Å². The Labute approximate surface area is 150 Å². The minimum absolute atomic E-state index is 0.540. The lowest BCUT2D eigenvalue weighted by atomic mass is 10.2. The van der Waals surface area contributed by atoms with Crippen LogP contribution in [0.1, 0.15) is 11.3 Å². The van der Waals surface area contributed by atoms with Crippen molar-refractivity contribution in [3.05, 3.63) is 72.7 Å². The number of rotatable bonds is 4. The fourth-order valence-electron chi connectivity index (χ4n) is 2.45. The van der Waals surface area contributed by atoms with E-state index in [4.69, 9.17) is 4.74 Å². The summed E-state index contributed by atoms with van der Waals surface area (Å²) in [4.78, 5) is 17.1. The summed E-state index contributed by atoms with van der Waals surface area (Å²) >= 11 is 0. The highest BCUT2D eigenvalue weighted by molar-refractivity contribution is 5.55. The number of ether oxygens (including phenoxy) is 1. The third-order valence-corrected chi connectivity index (χ3v) is 4.02. The zero-order valence-electron chi connectivity index (χ0n) is 14.4. The van der Waals surface area contributed by atoms with E-state index in [1.165, 1.54) is 6.33 Å². The second kappa shape index (κ2) is 6.72. The molecule has 4 rings (SSSR count). The Morgan fingerprint density at radius 2 is 1.65 bits per heavy atom. The lowest BCUT2D eigenvalue weighted by molar-refractivity contribution is 0.457. The molecule has 0 radical (unpaired) electrons. The Bertz CT molecular complexity index is 1010. The van der Waals surface area contributed by atoms with Crippen molar-refractivity contribution < 1.29 is 4.74 Å². The van der Waals surface area contributed by atoms with Crippen molar-refractivity contribution in [3.8, 4) is 28.7 Å². The quantitative estimate of drug-likeness (QED) is 0.563. The molecule has 3 heterocycles. The Balaban J connectivity index is 1.64. The SMILES string of the molecule is Cc1nc(-c2ccncc2)nc(Oc2ccc(-n3cncn3)cc2)c1C. The molecule has 0 fully saturated rings. The van der Waals surface area contributed by atoms with Crippen LogP contribution in [0, 0.1) is 13.8 Å². The van der Waals surface area contributed by atoms with Crippen LogP contribution in [0.2, 0.25) is 0 Å². The Morgan fingerprint density at radius 3 is 2.35 bits per heavy atom. The van der Waals surface area contributed by atoms with E-state index in [0.29, 0.717) is 17.5 Å². The first kappa shape index (κ1) is 15.9. The topological polar surface area (TPSA) is 78.6 Å². The van der Waals surface area contributed by atoms with Gasteiger partial charge < -0.3 is 4.74 Å². The van der Waals surface area contributed by atoms with E-state index in [1.54, 1.807) is 23.4 Å². The molecule has 0 unspecified atom stereocenters. The summed E-state index contributed by atoms with van der Waals surface area (Å²) in [5.74, 6) is 1.85. The van der Waals surface area contributed by atoms with Crippen LogP contribution in [0.3, 0.4) is 0 Å². The molecular formula is C19H16N6O. The van der Waals surface area contributed by atoms with Crippen LogP contribution in [0.4, 0.5) is 0 Å². The van der Waals surface area contributed by atoms with Crippen LogP contribution < -0.4 is 4.74 Å². The van der Waals surface area contributed by atoms with Gasteiger partial charge in [0, 0.05) is 29.2 Å². The molecule has 0 bridgehead atoms. The highest BCUT2D eigenvalue weighted by atomic mass is 16.5. The van der Waals surface area contributed by atoms with E-state index in [0.717, 1.165) is 22.5 Å². The van der Waals surface area contributed by atoms with Crippen molar-refractivity contribution in [2.24, 2.45) is 0 Å². The van der Waals surface area contributed by atoms with Crippen LogP contribution in [-0.4, -0.2) is 29.7 Å². The largest absolute Gasteiger partial charge is 0.439 e. The standard InChI is InChI=1S/C19H16N6O/c1-13-14(2)23-18(15-7-9-20-10-8-15)24-19(13)26-17-5-3-16(4-6-17)25-12-21-11-22-25/h3-12H,1-2H3. The maximum Gasteiger partial charge on any atom is 0.226 e. The van der Waals surface area contributed by atoms with Gasteiger partial charge in [-0.25, -0.2) is 14.6 Å². The average molecular weight is 344 g/mol. The number of benzene rings is 1. The summed E-state index contributed by atoms with van der Waals surface area (Å²) in [6.07, 6.45) is 6.58. The second-order valence-electron chi connectivity index (χ2n) is 5.73. The van der Waals surface area contributed by atoms with Gasteiger partial charge in [0.15, 0.2) is 5.82 Å². The van der Waals surface area contributed by atoms with Gasteiger partial charge in [-0.05, 0) is 50.2 Å². The molecular weight excluding hydrogens is 328 g/mol. The maximum absolute atomic E-state index is 6.01. The molecule has 0 saturated heterocycles. The first-order valence-corrected chi connectivity index (χ1v) is 8.09. The number of aryl methyl sites for hydroxylation is 1. The van der Waals surface area contributed by atoms with Crippen molar-refractivity contribution in [2.75, 3.05) is 0 Å².